The van der Waals surface area contributed by atoms with Gasteiger partial charge in [-0.2, -0.15) is 0 Å². The highest BCUT2D eigenvalue weighted by Gasteiger charge is 2.27. The Labute approximate surface area is 194 Å². The van der Waals surface area contributed by atoms with Crippen LogP contribution in [0.2, 0.25) is 0 Å². The number of nitrogens with zero attached hydrogens (tertiary/aromatic N) is 3. The molecule has 2 amide bonds. The third kappa shape index (κ3) is 3.63. The molecule has 1 saturated heterocycles. The third-order valence-electron chi connectivity index (χ3n) is 6.18. The largest absolute Gasteiger partial charge is 0.456 e. The highest BCUT2D eigenvalue weighted by molar-refractivity contribution is 7.21. The number of pyridine rings is 1. The maximum atomic E-state index is 12.9. The average molecular weight is 465 g/mol. The fraction of sp³-hybridized carbons (Fsp3) is 0.292. The molecule has 3 aromatic heterocycles. The van der Waals surface area contributed by atoms with Crippen molar-refractivity contribution >= 4 is 44.3 Å². The molecule has 4 aromatic rings. The monoisotopic (exact) mass is 464 g/mol. The van der Waals surface area contributed by atoms with Crippen LogP contribution in [0.1, 0.15) is 32.1 Å². The van der Waals surface area contributed by atoms with Gasteiger partial charge in [0.15, 0.2) is 0 Å². The maximum absolute atomic E-state index is 12.9. The topological polar surface area (TPSA) is 96.7 Å². The lowest BCUT2D eigenvalue weighted by atomic mass is 10.1. The standard InChI is InChI=1S/C24H24N4O4S/c1-13-21(23(30)25-2)16-5-4-15(10-18(16)27(13)3)32-19-6-8-26-17-11-20(33-22(17)19)24(31)28-9-7-14(29)12-28/h4-6,8,10-11,14,29H,7,9,12H2,1-3H3,(H,25,30)/t14-/m1/s1. The van der Waals surface area contributed by atoms with E-state index >= 15 is 0 Å². The van der Waals surface area contributed by atoms with E-state index in [1.807, 2.05) is 36.7 Å². The number of aromatic nitrogens is 2. The first-order valence-electron chi connectivity index (χ1n) is 10.7. The van der Waals surface area contributed by atoms with Gasteiger partial charge in [0.25, 0.3) is 11.8 Å². The molecule has 1 fully saturated rings. The fourth-order valence-electron chi connectivity index (χ4n) is 4.33. The van der Waals surface area contributed by atoms with Crippen LogP contribution in [0.15, 0.2) is 36.5 Å². The minimum Gasteiger partial charge on any atom is -0.456 e. The van der Waals surface area contributed by atoms with Crippen LogP contribution in [0, 0.1) is 6.92 Å². The predicted octanol–water partition coefficient (Wildman–Crippen LogP) is 3.46. The Balaban J connectivity index is 1.49. The number of carbonyl (C=O) groups excluding carboxylic acids is 2. The number of β-amino-alcohol motifs (C(OH)–C–C–N with tert-alkyl or cyclic N) is 1. The van der Waals surface area contributed by atoms with Gasteiger partial charge in [0.2, 0.25) is 0 Å². The van der Waals surface area contributed by atoms with E-state index in [1.165, 1.54) is 11.3 Å². The molecule has 4 heterocycles. The number of rotatable bonds is 4. The van der Waals surface area contributed by atoms with Gasteiger partial charge in [-0.1, -0.05) is 0 Å². The second-order valence-electron chi connectivity index (χ2n) is 8.21. The summed E-state index contributed by atoms with van der Waals surface area (Å²) in [5, 5.41) is 13.3. The summed E-state index contributed by atoms with van der Waals surface area (Å²) in [6.45, 7) is 2.83. The molecule has 0 bridgehead atoms. The molecule has 170 valence electrons. The van der Waals surface area contributed by atoms with Gasteiger partial charge in [-0.3, -0.25) is 14.6 Å². The molecule has 1 atom stereocenters. The number of amides is 2. The van der Waals surface area contributed by atoms with E-state index in [-0.39, 0.29) is 11.8 Å². The molecular weight excluding hydrogens is 440 g/mol. The molecule has 0 aliphatic carbocycles. The van der Waals surface area contributed by atoms with Crippen molar-refractivity contribution in [2.75, 3.05) is 20.1 Å². The summed E-state index contributed by atoms with van der Waals surface area (Å²) in [4.78, 5) is 31.8. The molecule has 1 aliphatic heterocycles. The van der Waals surface area contributed by atoms with Gasteiger partial charge in [0, 0.05) is 56.6 Å². The van der Waals surface area contributed by atoms with Crippen LogP contribution in [0.5, 0.6) is 11.5 Å². The minimum atomic E-state index is -0.458. The van der Waals surface area contributed by atoms with Crippen LogP contribution in [0.25, 0.3) is 21.1 Å². The molecule has 5 rings (SSSR count). The van der Waals surface area contributed by atoms with E-state index in [4.69, 9.17) is 4.74 Å². The number of benzene rings is 1. The van der Waals surface area contributed by atoms with Gasteiger partial charge in [0.1, 0.15) is 11.5 Å². The van der Waals surface area contributed by atoms with Gasteiger partial charge >= 0.3 is 0 Å². The van der Waals surface area contributed by atoms with E-state index in [0.29, 0.717) is 47.0 Å². The van der Waals surface area contributed by atoms with Crippen LogP contribution >= 0.6 is 11.3 Å². The zero-order valence-corrected chi connectivity index (χ0v) is 19.4. The van der Waals surface area contributed by atoms with Gasteiger partial charge in [-0.15, -0.1) is 11.3 Å². The number of aryl methyl sites for hydroxylation is 1. The van der Waals surface area contributed by atoms with Crippen molar-refractivity contribution in [1.82, 2.24) is 19.8 Å². The van der Waals surface area contributed by atoms with Crippen LogP contribution in [-0.4, -0.2) is 57.6 Å². The van der Waals surface area contributed by atoms with E-state index in [1.54, 1.807) is 30.3 Å². The zero-order chi connectivity index (χ0) is 23.3. The SMILES string of the molecule is CNC(=O)c1c(C)n(C)c2cc(Oc3ccnc4cc(C(=O)N5CC[C@@H](O)C5)sc34)ccc12. The third-order valence-corrected chi connectivity index (χ3v) is 7.31. The second kappa shape index (κ2) is 8.17. The lowest BCUT2D eigenvalue weighted by Crippen LogP contribution is -2.28. The summed E-state index contributed by atoms with van der Waals surface area (Å²) in [7, 11) is 3.55. The van der Waals surface area contributed by atoms with E-state index in [0.717, 1.165) is 21.3 Å². The number of carbonyl (C=O) groups is 2. The first-order valence-corrected chi connectivity index (χ1v) is 11.5. The van der Waals surface area contributed by atoms with Crippen molar-refractivity contribution in [2.24, 2.45) is 7.05 Å². The van der Waals surface area contributed by atoms with Gasteiger partial charge in [0.05, 0.1) is 32.3 Å². The lowest BCUT2D eigenvalue weighted by Gasteiger charge is -2.13. The highest BCUT2D eigenvalue weighted by Crippen LogP contribution is 2.37. The summed E-state index contributed by atoms with van der Waals surface area (Å²) in [6, 6.07) is 9.20. The number of aliphatic hydroxyl groups is 1. The highest BCUT2D eigenvalue weighted by atomic mass is 32.1. The van der Waals surface area contributed by atoms with Crippen molar-refractivity contribution in [3.63, 3.8) is 0 Å². The normalized spacial score (nSPS) is 16.0. The number of thiophene rings is 1. The maximum Gasteiger partial charge on any atom is 0.264 e. The molecule has 0 saturated carbocycles. The molecule has 1 aromatic carbocycles. The average Bonchev–Trinajstić information content (AvgIpc) is 3.51. The van der Waals surface area contributed by atoms with E-state index in [2.05, 4.69) is 10.3 Å². The Kier molecular flexibility index (Phi) is 5.30. The number of ether oxygens (including phenoxy) is 1. The molecule has 0 spiro atoms. The van der Waals surface area contributed by atoms with Crippen LogP contribution < -0.4 is 10.1 Å². The number of likely N-dealkylation sites (tertiary alicyclic amines) is 1. The van der Waals surface area contributed by atoms with Gasteiger partial charge in [-0.25, -0.2) is 0 Å². The number of hydrogen-bond donors (Lipinski definition) is 2. The fourth-order valence-corrected chi connectivity index (χ4v) is 5.36. The molecule has 9 heteroatoms. The van der Waals surface area contributed by atoms with Crippen molar-refractivity contribution < 1.29 is 19.4 Å². The van der Waals surface area contributed by atoms with Crippen LogP contribution in [0.3, 0.4) is 0 Å². The van der Waals surface area contributed by atoms with Crippen molar-refractivity contribution in [1.29, 1.82) is 0 Å². The zero-order valence-electron chi connectivity index (χ0n) is 18.6. The summed E-state index contributed by atoms with van der Waals surface area (Å²) < 4.78 is 8.98. The molecule has 1 aliphatic rings. The molecule has 8 nitrogen and oxygen atoms in total. The Hall–Kier alpha value is -3.43. The summed E-state index contributed by atoms with van der Waals surface area (Å²) in [6.07, 6.45) is 1.80. The molecule has 2 N–H and O–H groups in total. The number of nitrogens with one attached hydrogen (secondary N) is 1. The molecule has 33 heavy (non-hydrogen) atoms. The molecule has 0 unspecified atom stereocenters. The summed E-state index contributed by atoms with van der Waals surface area (Å²) in [5.41, 5.74) is 3.12. The molecule has 0 radical (unpaired) electrons. The minimum absolute atomic E-state index is 0.0945. The summed E-state index contributed by atoms with van der Waals surface area (Å²) in [5.74, 6) is 1.03. The van der Waals surface area contributed by atoms with Gasteiger partial charge < -0.3 is 24.6 Å². The van der Waals surface area contributed by atoms with Crippen molar-refractivity contribution in [3.8, 4) is 11.5 Å². The molecular formula is C24H24N4O4S. The Morgan fingerprint density at radius 2 is 2.09 bits per heavy atom. The van der Waals surface area contributed by atoms with E-state index in [9.17, 15) is 14.7 Å². The first-order chi connectivity index (χ1) is 15.9. The van der Waals surface area contributed by atoms with E-state index < -0.39 is 6.10 Å². The second-order valence-corrected chi connectivity index (χ2v) is 9.26. The number of aliphatic hydroxyl groups excluding tert-OH is 1. The quantitative estimate of drug-likeness (QED) is 0.482. The van der Waals surface area contributed by atoms with Crippen LogP contribution in [0.4, 0.5) is 0 Å². The predicted molar refractivity (Wildman–Crippen MR) is 127 cm³/mol. The lowest BCUT2D eigenvalue weighted by molar-refractivity contribution is 0.0769. The Morgan fingerprint density at radius 3 is 2.82 bits per heavy atom. The summed E-state index contributed by atoms with van der Waals surface area (Å²) >= 11 is 1.34. The van der Waals surface area contributed by atoms with Crippen molar-refractivity contribution in [2.45, 2.75) is 19.4 Å². The smallest absolute Gasteiger partial charge is 0.264 e. The Bertz CT molecular complexity index is 1410. The Morgan fingerprint density at radius 1 is 1.27 bits per heavy atom. The van der Waals surface area contributed by atoms with Crippen LogP contribution in [-0.2, 0) is 7.05 Å². The number of hydrogen-bond acceptors (Lipinski definition) is 6. The first kappa shape index (κ1) is 21.4. The van der Waals surface area contributed by atoms with Gasteiger partial charge in [-0.05, 0) is 31.5 Å². The van der Waals surface area contributed by atoms with Crippen molar-refractivity contribution in [3.05, 3.63) is 52.7 Å². The number of fused-ring (bicyclic) bond motifs is 2.